The molecule has 0 unspecified atom stereocenters. The van der Waals surface area contributed by atoms with Gasteiger partial charge in [0.2, 0.25) is 12.7 Å². The number of aryl methyl sites for hydroxylation is 1. The first-order chi connectivity index (χ1) is 13.7. The van der Waals surface area contributed by atoms with E-state index in [1.807, 2.05) is 30.3 Å². The molecule has 0 aromatic heterocycles. The molecule has 0 aliphatic carbocycles. The van der Waals surface area contributed by atoms with Crippen molar-refractivity contribution in [1.29, 1.82) is 0 Å². The molecule has 0 radical (unpaired) electrons. The molecule has 1 N–H and O–H groups in total. The van der Waals surface area contributed by atoms with Gasteiger partial charge in [-0.3, -0.25) is 4.79 Å². The molecule has 0 saturated carbocycles. The Morgan fingerprint density at radius 2 is 1.86 bits per heavy atom. The molecule has 2 aliphatic heterocycles. The SMILES string of the molecule is O=C(CCc1ccccc1Br)NCC1(c2ccc3c(c2)OCO3)CCOCC1. The average Bonchev–Trinajstić information content (AvgIpc) is 3.20. The van der Waals surface area contributed by atoms with Crippen LogP contribution in [-0.4, -0.2) is 32.5 Å². The Bertz CT molecular complexity index is 848. The number of hydrogen-bond acceptors (Lipinski definition) is 4. The third kappa shape index (κ3) is 4.18. The van der Waals surface area contributed by atoms with Gasteiger partial charge in [-0.2, -0.15) is 0 Å². The highest BCUT2D eigenvalue weighted by atomic mass is 79.9. The van der Waals surface area contributed by atoms with Crippen LogP contribution in [0.5, 0.6) is 11.5 Å². The Morgan fingerprint density at radius 3 is 2.68 bits per heavy atom. The summed E-state index contributed by atoms with van der Waals surface area (Å²) in [5, 5.41) is 3.17. The van der Waals surface area contributed by atoms with E-state index in [0.717, 1.165) is 34.4 Å². The van der Waals surface area contributed by atoms with Crippen LogP contribution in [0.3, 0.4) is 0 Å². The number of benzene rings is 2. The summed E-state index contributed by atoms with van der Waals surface area (Å²) in [5.74, 6) is 1.63. The van der Waals surface area contributed by atoms with Crippen LogP contribution in [0, 0.1) is 0 Å². The van der Waals surface area contributed by atoms with Crippen molar-refractivity contribution >= 4 is 21.8 Å². The number of fused-ring (bicyclic) bond motifs is 1. The van der Waals surface area contributed by atoms with Crippen molar-refractivity contribution in [3.8, 4) is 11.5 Å². The van der Waals surface area contributed by atoms with E-state index in [-0.39, 0.29) is 18.1 Å². The summed E-state index contributed by atoms with van der Waals surface area (Å²) >= 11 is 3.54. The average molecular weight is 446 g/mol. The summed E-state index contributed by atoms with van der Waals surface area (Å²) in [7, 11) is 0. The standard InChI is InChI=1S/C22H24BrNO4/c23-18-4-2-1-3-16(18)5-8-21(25)24-14-22(9-11-26-12-10-22)17-6-7-19-20(13-17)28-15-27-19/h1-4,6-7,13H,5,8-12,14-15H2,(H,24,25). The monoisotopic (exact) mass is 445 g/mol. The van der Waals surface area contributed by atoms with Crippen molar-refractivity contribution in [3.63, 3.8) is 0 Å². The van der Waals surface area contributed by atoms with Crippen molar-refractivity contribution in [2.75, 3.05) is 26.6 Å². The smallest absolute Gasteiger partial charge is 0.231 e. The first kappa shape index (κ1) is 19.3. The van der Waals surface area contributed by atoms with E-state index in [9.17, 15) is 4.79 Å². The zero-order valence-corrected chi connectivity index (χ0v) is 17.3. The second-order valence-electron chi connectivity index (χ2n) is 7.33. The minimum atomic E-state index is -0.137. The number of halogens is 1. The Labute approximate surface area is 173 Å². The molecule has 0 spiro atoms. The highest BCUT2D eigenvalue weighted by molar-refractivity contribution is 9.10. The maximum Gasteiger partial charge on any atom is 0.231 e. The fourth-order valence-corrected chi connectivity index (χ4v) is 4.34. The van der Waals surface area contributed by atoms with Crippen LogP contribution in [0.25, 0.3) is 0 Å². The predicted octanol–water partition coefficient (Wildman–Crippen LogP) is 3.98. The molecule has 2 aromatic rings. The molecule has 4 rings (SSSR count). The van der Waals surface area contributed by atoms with Gasteiger partial charge in [0, 0.05) is 36.1 Å². The molecule has 2 heterocycles. The molecule has 2 aliphatic rings. The fourth-order valence-electron chi connectivity index (χ4n) is 3.86. The van der Waals surface area contributed by atoms with Crippen LogP contribution in [0.4, 0.5) is 0 Å². The van der Waals surface area contributed by atoms with Gasteiger partial charge in [0.05, 0.1) is 0 Å². The molecular weight excluding hydrogens is 422 g/mol. The molecule has 2 aromatic carbocycles. The van der Waals surface area contributed by atoms with Crippen LogP contribution >= 0.6 is 15.9 Å². The van der Waals surface area contributed by atoms with E-state index in [0.29, 0.717) is 32.6 Å². The van der Waals surface area contributed by atoms with E-state index in [2.05, 4.69) is 33.4 Å². The van der Waals surface area contributed by atoms with Gasteiger partial charge in [-0.05, 0) is 48.6 Å². The first-order valence-electron chi connectivity index (χ1n) is 9.64. The lowest BCUT2D eigenvalue weighted by atomic mass is 9.74. The molecule has 0 bridgehead atoms. The minimum Gasteiger partial charge on any atom is -0.454 e. The molecule has 1 fully saturated rings. The summed E-state index contributed by atoms with van der Waals surface area (Å²) < 4.78 is 17.6. The third-order valence-corrected chi connectivity index (χ3v) is 6.41. The Hall–Kier alpha value is -2.05. The van der Waals surface area contributed by atoms with Crippen LogP contribution in [-0.2, 0) is 21.4 Å². The molecule has 5 nitrogen and oxygen atoms in total. The number of ether oxygens (including phenoxy) is 3. The van der Waals surface area contributed by atoms with Gasteiger partial charge in [0.1, 0.15) is 0 Å². The van der Waals surface area contributed by atoms with Gasteiger partial charge in [-0.15, -0.1) is 0 Å². The Kier molecular flexibility index (Phi) is 5.87. The third-order valence-electron chi connectivity index (χ3n) is 5.64. The largest absolute Gasteiger partial charge is 0.454 e. The quantitative estimate of drug-likeness (QED) is 0.730. The highest BCUT2D eigenvalue weighted by Gasteiger charge is 2.36. The fraction of sp³-hybridized carbons (Fsp3) is 0.409. The van der Waals surface area contributed by atoms with E-state index in [1.54, 1.807) is 0 Å². The lowest BCUT2D eigenvalue weighted by Gasteiger charge is -2.38. The number of nitrogens with one attached hydrogen (secondary N) is 1. The second-order valence-corrected chi connectivity index (χ2v) is 8.18. The summed E-state index contributed by atoms with van der Waals surface area (Å²) in [5.41, 5.74) is 2.18. The molecule has 6 heteroatoms. The van der Waals surface area contributed by atoms with E-state index in [4.69, 9.17) is 14.2 Å². The van der Waals surface area contributed by atoms with Crippen molar-refractivity contribution in [1.82, 2.24) is 5.32 Å². The molecule has 1 saturated heterocycles. The van der Waals surface area contributed by atoms with Crippen molar-refractivity contribution < 1.29 is 19.0 Å². The number of rotatable bonds is 6. The summed E-state index contributed by atoms with van der Waals surface area (Å²) in [6, 6.07) is 14.1. The summed E-state index contributed by atoms with van der Waals surface area (Å²) in [6.45, 7) is 2.26. The van der Waals surface area contributed by atoms with Crippen LogP contribution in [0.1, 0.15) is 30.4 Å². The molecule has 148 valence electrons. The van der Waals surface area contributed by atoms with E-state index >= 15 is 0 Å². The molecule has 0 atom stereocenters. The van der Waals surface area contributed by atoms with Gasteiger partial charge < -0.3 is 19.5 Å². The van der Waals surface area contributed by atoms with Gasteiger partial charge >= 0.3 is 0 Å². The zero-order valence-electron chi connectivity index (χ0n) is 15.7. The normalized spacial score (nSPS) is 17.3. The second kappa shape index (κ2) is 8.53. The zero-order chi connectivity index (χ0) is 19.4. The number of hydrogen-bond donors (Lipinski definition) is 1. The minimum absolute atomic E-state index is 0.0716. The van der Waals surface area contributed by atoms with Gasteiger partial charge in [-0.1, -0.05) is 40.2 Å². The summed E-state index contributed by atoms with van der Waals surface area (Å²) in [6.07, 6.45) is 2.93. The maximum absolute atomic E-state index is 12.5. The van der Waals surface area contributed by atoms with E-state index < -0.39 is 0 Å². The lowest BCUT2D eigenvalue weighted by molar-refractivity contribution is -0.121. The topological polar surface area (TPSA) is 56.8 Å². The van der Waals surface area contributed by atoms with Gasteiger partial charge in [0.15, 0.2) is 11.5 Å². The number of carbonyl (C=O) groups is 1. The predicted molar refractivity (Wildman–Crippen MR) is 110 cm³/mol. The van der Waals surface area contributed by atoms with Gasteiger partial charge in [0.25, 0.3) is 0 Å². The van der Waals surface area contributed by atoms with Crippen LogP contribution in [0.2, 0.25) is 0 Å². The van der Waals surface area contributed by atoms with Crippen molar-refractivity contribution in [2.45, 2.75) is 31.1 Å². The highest BCUT2D eigenvalue weighted by Crippen LogP contribution is 2.40. The molecule has 28 heavy (non-hydrogen) atoms. The number of carbonyl (C=O) groups excluding carboxylic acids is 1. The van der Waals surface area contributed by atoms with Crippen LogP contribution < -0.4 is 14.8 Å². The molecule has 1 amide bonds. The van der Waals surface area contributed by atoms with Crippen LogP contribution in [0.15, 0.2) is 46.9 Å². The van der Waals surface area contributed by atoms with E-state index in [1.165, 1.54) is 5.56 Å². The molecular formula is C22H24BrNO4. The Morgan fingerprint density at radius 1 is 1.07 bits per heavy atom. The first-order valence-corrected chi connectivity index (χ1v) is 10.4. The number of amides is 1. The summed E-state index contributed by atoms with van der Waals surface area (Å²) in [4.78, 5) is 12.5. The Balaban J connectivity index is 1.42. The van der Waals surface area contributed by atoms with Crippen molar-refractivity contribution in [3.05, 3.63) is 58.1 Å². The maximum atomic E-state index is 12.5. The lowest BCUT2D eigenvalue weighted by Crippen LogP contribution is -2.44. The van der Waals surface area contributed by atoms with Gasteiger partial charge in [-0.25, -0.2) is 0 Å². The van der Waals surface area contributed by atoms with Crippen molar-refractivity contribution in [2.24, 2.45) is 0 Å².